The molecule has 0 unspecified atom stereocenters. The van der Waals surface area contributed by atoms with Crippen LogP contribution in [0.4, 0.5) is 5.00 Å². The molecule has 0 aliphatic rings. The summed E-state index contributed by atoms with van der Waals surface area (Å²) in [6, 6.07) is 14.1. The van der Waals surface area contributed by atoms with Crippen LogP contribution in [0.5, 0.6) is 0 Å². The minimum Gasteiger partial charge on any atom is -0.390 e. The van der Waals surface area contributed by atoms with Crippen LogP contribution in [0.25, 0.3) is 21.9 Å². The van der Waals surface area contributed by atoms with Gasteiger partial charge < -0.3 is 11.5 Å². The second kappa shape index (κ2) is 4.40. The molecule has 0 bridgehead atoms. The van der Waals surface area contributed by atoms with Crippen LogP contribution in [0.1, 0.15) is 10.4 Å². The molecular formula is C15H12N2OS. The number of carbonyl (C=O) groups excluding carboxylic acids is 1. The zero-order valence-corrected chi connectivity index (χ0v) is 10.9. The third-order valence-corrected chi connectivity index (χ3v) is 3.94. The molecule has 1 heterocycles. The van der Waals surface area contributed by atoms with Gasteiger partial charge >= 0.3 is 0 Å². The number of nitrogens with two attached hydrogens (primary N) is 2. The van der Waals surface area contributed by atoms with Gasteiger partial charge in [-0.25, -0.2) is 0 Å². The van der Waals surface area contributed by atoms with Crippen LogP contribution in [0.3, 0.4) is 0 Å². The van der Waals surface area contributed by atoms with Crippen molar-refractivity contribution in [3.8, 4) is 11.1 Å². The predicted molar refractivity (Wildman–Crippen MR) is 80.2 cm³/mol. The molecule has 0 atom stereocenters. The lowest BCUT2D eigenvalue weighted by molar-refractivity contribution is 0.100. The van der Waals surface area contributed by atoms with Crippen molar-refractivity contribution in [2.24, 2.45) is 5.73 Å². The molecule has 94 valence electrons. The molecular weight excluding hydrogens is 256 g/mol. The number of carbonyl (C=O) groups is 1. The number of anilines is 1. The van der Waals surface area contributed by atoms with Crippen LogP contribution in [-0.4, -0.2) is 5.91 Å². The average Bonchev–Trinajstić information content (AvgIpc) is 2.80. The number of hydrogen-bond donors (Lipinski definition) is 2. The van der Waals surface area contributed by atoms with Gasteiger partial charge in [-0.05, 0) is 22.4 Å². The quantitative estimate of drug-likeness (QED) is 0.749. The lowest BCUT2D eigenvalue weighted by Gasteiger charge is -2.04. The monoisotopic (exact) mass is 268 g/mol. The summed E-state index contributed by atoms with van der Waals surface area (Å²) >= 11 is 1.34. The van der Waals surface area contributed by atoms with Gasteiger partial charge in [0.15, 0.2) is 0 Å². The molecule has 0 aliphatic heterocycles. The van der Waals surface area contributed by atoms with Crippen LogP contribution in [-0.2, 0) is 0 Å². The van der Waals surface area contributed by atoms with Gasteiger partial charge in [-0.2, -0.15) is 0 Å². The minimum atomic E-state index is -0.484. The highest BCUT2D eigenvalue weighted by atomic mass is 32.1. The molecule has 3 rings (SSSR count). The number of primary amides is 1. The number of rotatable bonds is 2. The summed E-state index contributed by atoms with van der Waals surface area (Å²) in [4.78, 5) is 11.5. The summed E-state index contributed by atoms with van der Waals surface area (Å²) in [5.41, 5.74) is 13.4. The van der Waals surface area contributed by atoms with E-state index in [1.54, 1.807) is 0 Å². The number of benzene rings is 2. The van der Waals surface area contributed by atoms with Crippen molar-refractivity contribution >= 4 is 33.0 Å². The van der Waals surface area contributed by atoms with Crippen molar-refractivity contribution in [2.75, 3.05) is 5.73 Å². The highest BCUT2D eigenvalue weighted by Crippen LogP contribution is 2.34. The smallest absolute Gasteiger partial charge is 0.252 e. The van der Waals surface area contributed by atoms with Crippen molar-refractivity contribution in [1.82, 2.24) is 0 Å². The Labute approximate surface area is 114 Å². The Morgan fingerprint density at radius 2 is 1.79 bits per heavy atom. The first kappa shape index (κ1) is 11.7. The Morgan fingerprint density at radius 3 is 2.53 bits per heavy atom. The fraction of sp³-hybridized carbons (Fsp3) is 0. The summed E-state index contributed by atoms with van der Waals surface area (Å²) in [5, 5.41) is 4.63. The highest BCUT2D eigenvalue weighted by molar-refractivity contribution is 7.15. The van der Waals surface area contributed by atoms with Crippen molar-refractivity contribution in [2.45, 2.75) is 0 Å². The van der Waals surface area contributed by atoms with Gasteiger partial charge in [0.1, 0.15) is 0 Å². The molecule has 2 aromatic carbocycles. The van der Waals surface area contributed by atoms with Crippen molar-refractivity contribution in [1.29, 1.82) is 0 Å². The number of amides is 1. The summed E-state index contributed by atoms with van der Waals surface area (Å²) in [5.74, 6) is -0.484. The third-order valence-electron chi connectivity index (χ3n) is 3.13. The van der Waals surface area contributed by atoms with Crippen LogP contribution in [0.2, 0.25) is 0 Å². The van der Waals surface area contributed by atoms with Gasteiger partial charge in [0, 0.05) is 10.9 Å². The van der Waals surface area contributed by atoms with E-state index in [4.69, 9.17) is 11.5 Å². The van der Waals surface area contributed by atoms with E-state index in [0.717, 1.165) is 21.9 Å². The maximum atomic E-state index is 11.5. The lowest BCUT2D eigenvalue weighted by Crippen LogP contribution is -2.12. The van der Waals surface area contributed by atoms with Crippen molar-refractivity contribution in [3.05, 3.63) is 53.4 Å². The van der Waals surface area contributed by atoms with E-state index in [1.807, 2.05) is 41.8 Å². The highest BCUT2D eigenvalue weighted by Gasteiger charge is 2.16. The molecule has 3 nitrogen and oxygen atoms in total. The van der Waals surface area contributed by atoms with Crippen LogP contribution in [0, 0.1) is 0 Å². The molecule has 0 radical (unpaired) electrons. The second-order valence-corrected chi connectivity index (χ2v) is 5.23. The van der Waals surface area contributed by atoms with E-state index >= 15 is 0 Å². The molecule has 0 spiro atoms. The first-order chi connectivity index (χ1) is 9.16. The average molecular weight is 268 g/mol. The molecule has 0 aliphatic carbocycles. The topological polar surface area (TPSA) is 69.1 Å². The van der Waals surface area contributed by atoms with E-state index in [2.05, 4.69) is 6.07 Å². The number of fused-ring (bicyclic) bond motifs is 1. The number of hydrogen-bond acceptors (Lipinski definition) is 3. The molecule has 4 heteroatoms. The fourth-order valence-electron chi connectivity index (χ4n) is 2.20. The normalized spacial score (nSPS) is 10.7. The number of thiophene rings is 1. The van der Waals surface area contributed by atoms with Gasteiger partial charge in [0.2, 0.25) is 0 Å². The molecule has 4 N–H and O–H groups in total. The summed E-state index contributed by atoms with van der Waals surface area (Å²) < 4.78 is 0. The third kappa shape index (κ3) is 1.96. The van der Waals surface area contributed by atoms with Crippen LogP contribution in [0.15, 0.2) is 47.8 Å². The summed E-state index contributed by atoms with van der Waals surface area (Å²) in [6.07, 6.45) is 0. The molecule has 0 saturated carbocycles. The Hall–Kier alpha value is -2.33. The van der Waals surface area contributed by atoms with Gasteiger partial charge in [-0.15, -0.1) is 11.3 Å². The van der Waals surface area contributed by atoms with Gasteiger partial charge in [-0.3, -0.25) is 4.79 Å². The van der Waals surface area contributed by atoms with E-state index in [-0.39, 0.29) is 0 Å². The molecule has 1 amide bonds. The first-order valence-corrected chi connectivity index (χ1v) is 6.71. The first-order valence-electron chi connectivity index (χ1n) is 5.83. The lowest BCUT2D eigenvalue weighted by atomic mass is 10.00. The molecule has 3 aromatic rings. The summed E-state index contributed by atoms with van der Waals surface area (Å²) in [7, 11) is 0. The molecule has 1 aromatic heterocycles. The Kier molecular flexibility index (Phi) is 2.72. The van der Waals surface area contributed by atoms with E-state index in [1.165, 1.54) is 11.3 Å². The van der Waals surface area contributed by atoms with E-state index < -0.39 is 5.91 Å². The SMILES string of the molecule is NC(=O)c1c(-c2ccc3ccccc3c2)csc1N. The van der Waals surface area contributed by atoms with Gasteiger partial charge in [-0.1, -0.05) is 36.4 Å². The standard InChI is InChI=1S/C15H12N2OS/c16-14(18)13-12(8-19-15(13)17)11-6-5-9-3-1-2-4-10(9)7-11/h1-8H,17H2,(H2,16,18). The fourth-order valence-corrected chi connectivity index (χ4v) is 3.02. The Bertz CT molecular complexity index is 777. The predicted octanol–water partition coefficient (Wildman–Crippen LogP) is 3.25. The van der Waals surface area contributed by atoms with E-state index in [0.29, 0.717) is 10.6 Å². The van der Waals surface area contributed by atoms with Crippen molar-refractivity contribution < 1.29 is 4.79 Å². The second-order valence-electron chi connectivity index (χ2n) is 4.31. The van der Waals surface area contributed by atoms with Crippen molar-refractivity contribution in [3.63, 3.8) is 0 Å². The molecule has 0 saturated heterocycles. The Balaban J connectivity index is 2.22. The zero-order chi connectivity index (χ0) is 13.4. The van der Waals surface area contributed by atoms with E-state index in [9.17, 15) is 4.79 Å². The van der Waals surface area contributed by atoms with Crippen LogP contribution < -0.4 is 11.5 Å². The largest absolute Gasteiger partial charge is 0.390 e. The molecule has 19 heavy (non-hydrogen) atoms. The van der Waals surface area contributed by atoms with Gasteiger partial charge in [0.05, 0.1) is 10.6 Å². The minimum absolute atomic E-state index is 0.417. The zero-order valence-electron chi connectivity index (χ0n) is 10.1. The maximum Gasteiger partial charge on any atom is 0.252 e. The van der Waals surface area contributed by atoms with Crippen LogP contribution >= 0.6 is 11.3 Å². The molecule has 0 fully saturated rings. The van der Waals surface area contributed by atoms with Gasteiger partial charge in [0.25, 0.3) is 5.91 Å². The maximum absolute atomic E-state index is 11.5. The number of nitrogen functional groups attached to an aromatic ring is 1. The summed E-state index contributed by atoms with van der Waals surface area (Å²) in [6.45, 7) is 0. The Morgan fingerprint density at radius 1 is 1.05 bits per heavy atom.